The molecule has 140 valence electrons. The number of sulfonamides is 1. The largest absolute Gasteiger partial charge is 0.324 e. The summed E-state index contributed by atoms with van der Waals surface area (Å²) in [5, 5.41) is 4.84. The molecule has 0 spiro atoms. The topological polar surface area (TPSA) is 75.3 Å². The van der Waals surface area contributed by atoms with Crippen molar-refractivity contribution in [2.75, 3.05) is 5.32 Å². The van der Waals surface area contributed by atoms with E-state index < -0.39 is 22.0 Å². The Morgan fingerprint density at radius 2 is 1.70 bits per heavy atom. The lowest BCUT2D eigenvalue weighted by atomic mass is 10.1. The van der Waals surface area contributed by atoms with Gasteiger partial charge in [0.15, 0.2) is 0 Å². The van der Waals surface area contributed by atoms with Crippen LogP contribution in [0.4, 0.5) is 5.69 Å². The van der Waals surface area contributed by atoms with Crippen molar-refractivity contribution >= 4 is 55.6 Å². The van der Waals surface area contributed by atoms with E-state index in [9.17, 15) is 13.2 Å². The predicted molar refractivity (Wildman–Crippen MR) is 109 cm³/mol. The number of carbonyl (C=O) groups is 1. The fourth-order valence-electron chi connectivity index (χ4n) is 2.61. The molecule has 3 aromatic carbocycles. The molecule has 0 aromatic heterocycles. The molecule has 0 aliphatic carbocycles. The lowest BCUT2D eigenvalue weighted by Gasteiger charge is -2.16. The van der Waals surface area contributed by atoms with E-state index in [1.165, 1.54) is 25.1 Å². The zero-order chi connectivity index (χ0) is 19.6. The van der Waals surface area contributed by atoms with E-state index in [0.717, 1.165) is 10.8 Å². The van der Waals surface area contributed by atoms with Gasteiger partial charge in [-0.1, -0.05) is 59.6 Å². The minimum absolute atomic E-state index is 0.0218. The van der Waals surface area contributed by atoms with Gasteiger partial charge in [-0.3, -0.25) is 4.79 Å². The van der Waals surface area contributed by atoms with Gasteiger partial charge in [0.1, 0.15) is 4.90 Å². The predicted octanol–water partition coefficient (Wildman–Crippen LogP) is 4.45. The number of anilines is 1. The van der Waals surface area contributed by atoms with Gasteiger partial charge in [0.2, 0.25) is 15.9 Å². The van der Waals surface area contributed by atoms with E-state index >= 15 is 0 Å². The summed E-state index contributed by atoms with van der Waals surface area (Å²) < 4.78 is 27.4. The molecular formula is C19H16Cl2N2O3S. The smallest absolute Gasteiger partial charge is 0.242 e. The molecule has 1 amide bonds. The van der Waals surface area contributed by atoms with Crippen LogP contribution in [-0.4, -0.2) is 20.4 Å². The third kappa shape index (κ3) is 4.42. The van der Waals surface area contributed by atoms with Crippen molar-refractivity contribution in [3.63, 3.8) is 0 Å². The number of hydrogen-bond acceptors (Lipinski definition) is 3. The lowest BCUT2D eigenvalue weighted by molar-refractivity contribution is -0.117. The molecule has 3 rings (SSSR count). The molecule has 3 aromatic rings. The van der Waals surface area contributed by atoms with Gasteiger partial charge in [-0.25, -0.2) is 8.42 Å². The second kappa shape index (κ2) is 7.86. The SMILES string of the molecule is C[C@H](NS(=O)(=O)c1cc(Cl)ccc1Cl)C(=O)Nc1cccc2ccccc12. The van der Waals surface area contributed by atoms with Crippen molar-refractivity contribution in [2.24, 2.45) is 0 Å². The Kier molecular flexibility index (Phi) is 5.72. The van der Waals surface area contributed by atoms with E-state index in [1.807, 2.05) is 36.4 Å². The summed E-state index contributed by atoms with van der Waals surface area (Å²) in [5.74, 6) is -0.493. The standard InChI is InChI=1S/C19H16Cl2N2O3S/c1-12(23-27(25,26)18-11-14(20)9-10-16(18)21)19(24)22-17-8-4-6-13-5-2-3-7-15(13)17/h2-12,23H,1H3,(H,22,24)/t12-/m0/s1. The molecule has 5 nitrogen and oxygen atoms in total. The Labute approximate surface area is 167 Å². The van der Waals surface area contributed by atoms with Crippen molar-refractivity contribution in [1.82, 2.24) is 4.72 Å². The highest BCUT2D eigenvalue weighted by Gasteiger charge is 2.24. The van der Waals surface area contributed by atoms with Crippen LogP contribution in [0.15, 0.2) is 65.6 Å². The van der Waals surface area contributed by atoms with Crippen LogP contribution < -0.4 is 10.0 Å². The molecule has 0 aliphatic rings. The fraction of sp³-hybridized carbons (Fsp3) is 0.105. The van der Waals surface area contributed by atoms with Gasteiger partial charge in [0, 0.05) is 16.1 Å². The second-order valence-corrected chi connectivity index (χ2v) is 8.46. The summed E-state index contributed by atoms with van der Waals surface area (Å²) in [6.45, 7) is 1.45. The summed E-state index contributed by atoms with van der Waals surface area (Å²) in [5.41, 5.74) is 0.602. The van der Waals surface area contributed by atoms with Crippen LogP contribution in [0.25, 0.3) is 10.8 Å². The van der Waals surface area contributed by atoms with Crippen LogP contribution in [0.3, 0.4) is 0 Å². The molecule has 0 unspecified atom stereocenters. The van der Waals surface area contributed by atoms with Crippen molar-refractivity contribution in [3.8, 4) is 0 Å². The zero-order valence-corrected chi connectivity index (χ0v) is 16.6. The third-order valence-electron chi connectivity index (χ3n) is 3.96. The number of halogens is 2. The zero-order valence-electron chi connectivity index (χ0n) is 14.2. The van der Waals surface area contributed by atoms with Gasteiger partial charge in [0.05, 0.1) is 11.1 Å². The number of benzene rings is 3. The first-order chi connectivity index (χ1) is 12.8. The Hall–Kier alpha value is -2.12. The maximum Gasteiger partial charge on any atom is 0.242 e. The molecule has 0 heterocycles. The summed E-state index contributed by atoms with van der Waals surface area (Å²) in [6, 6.07) is 16.2. The van der Waals surface area contributed by atoms with Crippen molar-refractivity contribution < 1.29 is 13.2 Å². The number of nitrogens with one attached hydrogen (secondary N) is 2. The average Bonchev–Trinajstić information content (AvgIpc) is 2.63. The van der Waals surface area contributed by atoms with Crippen LogP contribution in [0, 0.1) is 0 Å². The molecule has 27 heavy (non-hydrogen) atoms. The Morgan fingerprint density at radius 3 is 2.48 bits per heavy atom. The lowest BCUT2D eigenvalue weighted by Crippen LogP contribution is -2.41. The summed E-state index contributed by atoms with van der Waals surface area (Å²) >= 11 is 11.8. The van der Waals surface area contributed by atoms with Gasteiger partial charge in [-0.05, 0) is 36.6 Å². The van der Waals surface area contributed by atoms with E-state index in [4.69, 9.17) is 23.2 Å². The molecule has 8 heteroatoms. The van der Waals surface area contributed by atoms with Crippen LogP contribution in [-0.2, 0) is 14.8 Å². The van der Waals surface area contributed by atoms with E-state index in [0.29, 0.717) is 5.69 Å². The number of rotatable bonds is 5. The fourth-order valence-corrected chi connectivity index (χ4v) is 4.57. The van der Waals surface area contributed by atoms with Crippen molar-refractivity contribution in [2.45, 2.75) is 17.9 Å². The van der Waals surface area contributed by atoms with Crippen LogP contribution in [0.1, 0.15) is 6.92 Å². The van der Waals surface area contributed by atoms with Gasteiger partial charge in [-0.15, -0.1) is 0 Å². The Morgan fingerprint density at radius 1 is 1.00 bits per heavy atom. The summed E-state index contributed by atoms with van der Waals surface area (Å²) in [6.07, 6.45) is 0. The quantitative estimate of drug-likeness (QED) is 0.637. The van der Waals surface area contributed by atoms with E-state index in [1.54, 1.807) is 6.07 Å². The van der Waals surface area contributed by atoms with Crippen LogP contribution >= 0.6 is 23.2 Å². The average molecular weight is 423 g/mol. The van der Waals surface area contributed by atoms with Crippen molar-refractivity contribution in [3.05, 3.63) is 70.7 Å². The Balaban J connectivity index is 1.80. The minimum atomic E-state index is -4.02. The van der Waals surface area contributed by atoms with E-state index in [2.05, 4.69) is 10.0 Å². The van der Waals surface area contributed by atoms with Crippen LogP contribution in [0.2, 0.25) is 10.0 Å². The number of carbonyl (C=O) groups excluding carboxylic acids is 1. The molecule has 0 bridgehead atoms. The summed E-state index contributed by atoms with van der Waals surface area (Å²) in [4.78, 5) is 12.3. The molecule has 0 aliphatic heterocycles. The maximum absolute atomic E-state index is 12.6. The molecule has 1 atom stereocenters. The number of fused-ring (bicyclic) bond motifs is 1. The van der Waals surface area contributed by atoms with Crippen LogP contribution in [0.5, 0.6) is 0 Å². The molecule has 0 radical (unpaired) electrons. The molecule has 0 saturated heterocycles. The van der Waals surface area contributed by atoms with Gasteiger partial charge in [0.25, 0.3) is 0 Å². The second-order valence-electron chi connectivity index (χ2n) is 5.93. The minimum Gasteiger partial charge on any atom is -0.324 e. The first kappa shape index (κ1) is 19.6. The molecule has 0 fully saturated rings. The molecule has 0 saturated carbocycles. The first-order valence-electron chi connectivity index (χ1n) is 8.04. The number of amides is 1. The first-order valence-corrected chi connectivity index (χ1v) is 10.3. The van der Waals surface area contributed by atoms with Crippen molar-refractivity contribution in [1.29, 1.82) is 0 Å². The summed E-state index contributed by atoms with van der Waals surface area (Å²) in [7, 11) is -4.02. The van der Waals surface area contributed by atoms with Gasteiger partial charge in [-0.2, -0.15) is 4.72 Å². The van der Waals surface area contributed by atoms with Gasteiger partial charge < -0.3 is 5.32 Å². The van der Waals surface area contributed by atoms with Gasteiger partial charge >= 0.3 is 0 Å². The third-order valence-corrected chi connectivity index (χ3v) is 6.21. The highest BCUT2D eigenvalue weighted by molar-refractivity contribution is 7.89. The number of hydrogen-bond donors (Lipinski definition) is 2. The normalized spacial score (nSPS) is 12.7. The highest BCUT2D eigenvalue weighted by Crippen LogP contribution is 2.26. The molecule has 2 N–H and O–H groups in total. The van der Waals surface area contributed by atoms with E-state index in [-0.39, 0.29) is 14.9 Å². The maximum atomic E-state index is 12.6. The molecular weight excluding hydrogens is 407 g/mol. The highest BCUT2D eigenvalue weighted by atomic mass is 35.5. The Bertz CT molecular complexity index is 1110. The monoisotopic (exact) mass is 422 g/mol.